The molecule has 0 atom stereocenters. The van der Waals surface area contributed by atoms with Crippen molar-refractivity contribution in [2.24, 2.45) is 0 Å². The van der Waals surface area contributed by atoms with Gasteiger partial charge in [-0.1, -0.05) is 91.1 Å². The zero-order chi connectivity index (χ0) is 13.7. The van der Waals surface area contributed by atoms with E-state index in [1.165, 1.54) is 15.6 Å². The van der Waals surface area contributed by atoms with Crippen LogP contribution in [0.1, 0.15) is 6.92 Å². The van der Waals surface area contributed by atoms with Gasteiger partial charge in [0.15, 0.2) is 0 Å². The zero-order valence-corrected chi connectivity index (χ0v) is 12.6. The van der Waals surface area contributed by atoms with E-state index in [0.717, 1.165) is 0 Å². The van der Waals surface area contributed by atoms with Crippen LogP contribution in [0.4, 0.5) is 0 Å². The Balaban J connectivity index is 2.67. The summed E-state index contributed by atoms with van der Waals surface area (Å²) in [6, 6.07) is 21.6. The van der Waals surface area contributed by atoms with E-state index in [4.69, 9.17) is 0 Å². The smallest absolute Gasteiger partial charge is 0.0992 e. The number of benzene rings is 2. The topological polar surface area (TPSA) is 0 Å². The van der Waals surface area contributed by atoms with Gasteiger partial charge in [0, 0.05) is 0 Å². The van der Waals surface area contributed by atoms with Crippen LogP contribution in [0.5, 0.6) is 0 Å². The van der Waals surface area contributed by atoms with Gasteiger partial charge in [-0.15, -0.1) is 0 Å². The molecule has 0 amide bonds. The minimum atomic E-state index is -1.89. The fraction of sp³-hybridized carbons (Fsp3) is 0.111. The number of rotatable bonds is 4. The second-order valence-electron chi connectivity index (χ2n) is 4.81. The second-order valence-corrected chi connectivity index (χ2v) is 8.79. The highest BCUT2D eigenvalue weighted by molar-refractivity contribution is 7.06. The Kier molecular flexibility index (Phi) is 4.18. The maximum absolute atomic E-state index is 4.02. The predicted octanol–water partition coefficient (Wildman–Crippen LogP) is 3.55. The van der Waals surface area contributed by atoms with Gasteiger partial charge in [0.2, 0.25) is 0 Å². The molecule has 0 spiro atoms. The average molecular weight is 264 g/mol. The van der Waals surface area contributed by atoms with Crippen molar-refractivity contribution in [1.82, 2.24) is 0 Å². The van der Waals surface area contributed by atoms with Crippen LogP contribution in [0.15, 0.2) is 84.6 Å². The lowest BCUT2D eigenvalue weighted by molar-refractivity contribution is 1.61. The van der Waals surface area contributed by atoms with E-state index < -0.39 is 8.07 Å². The molecular formula is C18H20Si. The van der Waals surface area contributed by atoms with Gasteiger partial charge in [0.25, 0.3) is 0 Å². The molecule has 0 heterocycles. The van der Waals surface area contributed by atoms with Gasteiger partial charge in [-0.25, -0.2) is 0 Å². The molecule has 2 aromatic rings. The maximum atomic E-state index is 4.02. The summed E-state index contributed by atoms with van der Waals surface area (Å²) in [5.74, 6) is 0. The fourth-order valence-corrected chi connectivity index (χ4v) is 6.36. The van der Waals surface area contributed by atoms with Crippen LogP contribution >= 0.6 is 0 Å². The summed E-state index contributed by atoms with van der Waals surface area (Å²) >= 11 is 0. The van der Waals surface area contributed by atoms with Gasteiger partial charge in [-0.2, -0.15) is 0 Å². The molecule has 0 aliphatic rings. The monoisotopic (exact) mass is 264 g/mol. The molecule has 0 aliphatic heterocycles. The summed E-state index contributed by atoms with van der Waals surface area (Å²) in [5.41, 5.74) is 0. The van der Waals surface area contributed by atoms with Crippen molar-refractivity contribution in [3.63, 3.8) is 0 Å². The molecule has 0 bridgehead atoms. The van der Waals surface area contributed by atoms with Crippen LogP contribution in [0, 0.1) is 0 Å². The van der Waals surface area contributed by atoms with Gasteiger partial charge in [-0.05, 0) is 17.3 Å². The number of hydrogen-bond donors (Lipinski definition) is 0. The van der Waals surface area contributed by atoms with Crippen LogP contribution in [0.25, 0.3) is 0 Å². The second kappa shape index (κ2) is 5.85. The van der Waals surface area contributed by atoms with Gasteiger partial charge in [-0.3, -0.25) is 0 Å². The molecule has 0 saturated heterocycles. The van der Waals surface area contributed by atoms with E-state index >= 15 is 0 Å². The Hall–Kier alpha value is -1.86. The first kappa shape index (κ1) is 13.6. The first-order valence-electron chi connectivity index (χ1n) is 6.63. The molecule has 0 fully saturated rings. The van der Waals surface area contributed by atoms with Crippen molar-refractivity contribution >= 4 is 18.4 Å². The average Bonchev–Trinajstić information content (AvgIpc) is 2.50. The summed E-state index contributed by atoms with van der Waals surface area (Å²) < 4.78 is 0. The molecule has 0 N–H and O–H groups in total. The third-order valence-electron chi connectivity index (χ3n) is 3.81. The van der Waals surface area contributed by atoms with Gasteiger partial charge in [0.05, 0.1) is 0 Å². The molecule has 0 aliphatic carbocycles. The third kappa shape index (κ3) is 2.47. The van der Waals surface area contributed by atoms with Crippen molar-refractivity contribution in [3.05, 3.63) is 84.6 Å². The predicted molar refractivity (Wildman–Crippen MR) is 87.7 cm³/mol. The molecule has 19 heavy (non-hydrogen) atoms. The highest BCUT2D eigenvalue weighted by Crippen LogP contribution is 2.16. The summed E-state index contributed by atoms with van der Waals surface area (Å²) in [7, 11) is -1.89. The summed E-state index contributed by atoms with van der Waals surface area (Å²) in [6.07, 6.45) is 4.23. The first-order valence-corrected chi connectivity index (χ1v) is 9.13. The summed E-state index contributed by atoms with van der Waals surface area (Å²) in [5, 5.41) is 4.22. The SMILES string of the molecule is C=C/C(=C\C)[Si](C)(c1ccccc1)c1ccccc1. The van der Waals surface area contributed by atoms with Crippen molar-refractivity contribution in [2.75, 3.05) is 0 Å². The highest BCUT2D eigenvalue weighted by atomic mass is 28.3. The van der Waals surface area contributed by atoms with Crippen LogP contribution in [-0.4, -0.2) is 8.07 Å². The van der Waals surface area contributed by atoms with E-state index in [2.05, 4.69) is 86.8 Å². The summed E-state index contributed by atoms with van der Waals surface area (Å²) in [4.78, 5) is 0. The van der Waals surface area contributed by atoms with Crippen molar-refractivity contribution in [3.8, 4) is 0 Å². The lowest BCUT2D eigenvalue weighted by Gasteiger charge is -2.30. The number of hydrogen-bond acceptors (Lipinski definition) is 0. The normalized spacial score (nSPS) is 12.2. The van der Waals surface area contributed by atoms with Crippen molar-refractivity contribution < 1.29 is 0 Å². The standard InChI is InChI=1S/C18H20Si/c1-4-16(5-2)19(3,17-12-8-6-9-13-17)18-14-10-7-11-15-18/h4-15H,1H2,2-3H3/b16-5+. The molecular weight excluding hydrogens is 244 g/mol. The van der Waals surface area contributed by atoms with Crippen LogP contribution in [0.3, 0.4) is 0 Å². The minimum absolute atomic E-state index is 1.37. The van der Waals surface area contributed by atoms with Gasteiger partial charge >= 0.3 is 0 Å². The first-order chi connectivity index (χ1) is 9.23. The van der Waals surface area contributed by atoms with Gasteiger partial charge in [0.1, 0.15) is 8.07 Å². The van der Waals surface area contributed by atoms with Crippen molar-refractivity contribution in [2.45, 2.75) is 13.5 Å². The Morgan fingerprint density at radius 3 is 1.63 bits per heavy atom. The fourth-order valence-electron chi connectivity index (χ4n) is 2.65. The Labute approximate surface area is 117 Å². The molecule has 96 valence electrons. The molecule has 2 rings (SSSR count). The van der Waals surface area contributed by atoms with Crippen LogP contribution < -0.4 is 10.4 Å². The van der Waals surface area contributed by atoms with E-state index in [9.17, 15) is 0 Å². The number of allylic oxidation sites excluding steroid dienone is 3. The molecule has 0 radical (unpaired) electrons. The molecule has 0 saturated carbocycles. The highest BCUT2D eigenvalue weighted by Gasteiger charge is 2.33. The van der Waals surface area contributed by atoms with Crippen LogP contribution in [0.2, 0.25) is 6.55 Å². The third-order valence-corrected chi connectivity index (χ3v) is 8.43. The molecule has 0 aromatic heterocycles. The molecule has 0 nitrogen and oxygen atoms in total. The van der Waals surface area contributed by atoms with Crippen LogP contribution in [-0.2, 0) is 0 Å². The maximum Gasteiger partial charge on any atom is 0.144 e. The summed E-state index contributed by atoms with van der Waals surface area (Å²) in [6.45, 7) is 8.52. The largest absolute Gasteiger partial charge is 0.144 e. The lowest BCUT2D eigenvalue weighted by atomic mass is 10.4. The zero-order valence-electron chi connectivity index (χ0n) is 11.6. The van der Waals surface area contributed by atoms with E-state index in [0.29, 0.717) is 0 Å². The van der Waals surface area contributed by atoms with E-state index in [-0.39, 0.29) is 0 Å². The van der Waals surface area contributed by atoms with Gasteiger partial charge < -0.3 is 0 Å². The van der Waals surface area contributed by atoms with E-state index in [1.54, 1.807) is 0 Å². The van der Waals surface area contributed by atoms with E-state index in [1.807, 2.05) is 6.08 Å². The molecule has 0 unspecified atom stereocenters. The Morgan fingerprint density at radius 1 is 0.895 bits per heavy atom. The Bertz CT molecular complexity index is 528. The lowest BCUT2D eigenvalue weighted by Crippen LogP contribution is -2.57. The Morgan fingerprint density at radius 2 is 1.32 bits per heavy atom. The van der Waals surface area contributed by atoms with Crippen molar-refractivity contribution in [1.29, 1.82) is 0 Å². The molecule has 2 aromatic carbocycles. The minimum Gasteiger partial charge on any atom is -0.0992 e. The quantitative estimate of drug-likeness (QED) is 0.585. The molecule has 1 heteroatoms.